The molecule has 0 amide bonds. The summed E-state index contributed by atoms with van der Waals surface area (Å²) >= 11 is 0. The molecule has 0 fully saturated rings. The van der Waals surface area contributed by atoms with Gasteiger partial charge in [-0.1, -0.05) is 24.3 Å². The Labute approximate surface area is 340 Å². The fourth-order valence-corrected chi connectivity index (χ4v) is 4.97. The molecule has 0 heterocycles. The second kappa shape index (κ2) is 17.4. The molecule has 0 saturated heterocycles. The average Bonchev–Trinajstić information content (AvgIpc) is 2.98. The largest absolute Gasteiger partial charge is 1.00 e. The van der Waals surface area contributed by atoms with Gasteiger partial charge in [0, 0.05) is 0 Å². The first-order valence-electron chi connectivity index (χ1n) is 12.0. The summed E-state index contributed by atoms with van der Waals surface area (Å²) < 4.78 is 82.2. The quantitative estimate of drug-likeness (QED) is 0.100. The van der Waals surface area contributed by atoms with E-state index in [1.165, 1.54) is 50.6 Å². The van der Waals surface area contributed by atoms with Crippen molar-refractivity contribution >= 4 is 55.1 Å². The molecule has 4 rings (SSSR count). The molecule has 0 bridgehead atoms. The van der Waals surface area contributed by atoms with Gasteiger partial charge in [-0.15, -0.1) is 0 Å². The van der Waals surface area contributed by atoms with Gasteiger partial charge in [0.25, 0.3) is 0 Å². The molecule has 4 aromatic carbocycles. The van der Waals surface area contributed by atoms with E-state index in [0.717, 1.165) is 12.1 Å². The second-order valence-electron chi connectivity index (χ2n) is 8.48. The van der Waals surface area contributed by atoms with Gasteiger partial charge >= 0.3 is 103 Å². The Balaban J connectivity index is 0.00000337. The minimum atomic E-state index is -4.97. The van der Waals surface area contributed by atoms with E-state index in [1.807, 2.05) is 0 Å². The molecule has 0 aliphatic carbocycles. The first-order chi connectivity index (χ1) is 20.0. The molecule has 0 aliphatic heterocycles. The van der Waals surface area contributed by atoms with Gasteiger partial charge in [0.05, 0.1) is 46.8 Å². The molecule has 12 nitrogen and oxygen atoms in total. The van der Waals surface area contributed by atoms with Crippen LogP contribution >= 0.6 is 0 Å². The second-order valence-corrected chi connectivity index (χ2v) is 11.2. The third-order valence-corrected chi connectivity index (χ3v) is 7.47. The van der Waals surface area contributed by atoms with E-state index in [2.05, 4.69) is 20.5 Å². The minimum absolute atomic E-state index is 0. The van der Waals surface area contributed by atoms with Crippen molar-refractivity contribution in [2.75, 3.05) is 14.2 Å². The number of nitrogens with zero attached hydrogens (tertiary/aromatic N) is 4. The van der Waals surface area contributed by atoms with Crippen molar-refractivity contribution in [1.82, 2.24) is 0 Å². The number of benzene rings is 4. The maximum Gasteiger partial charge on any atom is 1.00 e. The topological polar surface area (TPSA) is 182 Å². The Morgan fingerprint density at radius 1 is 0.523 bits per heavy atom. The molecule has 0 N–H and O–H groups in total. The first-order valence-corrected chi connectivity index (χ1v) is 14.8. The predicted octanol–water partition coefficient (Wildman–Crippen LogP) is 0.521. The van der Waals surface area contributed by atoms with Gasteiger partial charge in [-0.2, -0.15) is 20.5 Å². The van der Waals surface area contributed by atoms with Crippen LogP contribution in [0.3, 0.4) is 0 Å². The zero-order chi connectivity index (χ0) is 30.3. The Kier molecular flexibility index (Phi) is 15.3. The van der Waals surface area contributed by atoms with E-state index in [-0.39, 0.29) is 125 Å². The van der Waals surface area contributed by atoms with Crippen LogP contribution in [0.2, 0.25) is 0 Å². The van der Waals surface area contributed by atoms with Crippen LogP contribution in [0.5, 0.6) is 11.5 Å². The number of methoxy groups -OCH3 is 2. The number of azo groups is 2. The summed E-state index contributed by atoms with van der Waals surface area (Å²) in [6.45, 7) is 0. The van der Waals surface area contributed by atoms with E-state index in [9.17, 15) is 25.9 Å². The van der Waals surface area contributed by atoms with Crippen LogP contribution in [-0.2, 0) is 20.2 Å². The van der Waals surface area contributed by atoms with E-state index in [1.54, 1.807) is 48.5 Å². The van der Waals surface area contributed by atoms with Crippen molar-refractivity contribution in [1.29, 1.82) is 0 Å². The fraction of sp³-hybridized carbons (Fsp3) is 0.0714. The maximum atomic E-state index is 12.0. The molecule has 0 aliphatic rings. The normalized spacial score (nSPS) is 11.8. The minimum Gasteiger partial charge on any atom is -0.744 e. The SMILES string of the molecule is COc1ccc(N=Nc2ccc(/C=C/c3ccc(N=Nc4ccc(OC)cc4)cc3S(=O)(=O)[O-])c(S(=O)(=O)[O-])c2)cc1.[K+].[K+]. The van der Waals surface area contributed by atoms with E-state index in [4.69, 9.17) is 9.47 Å². The molecular weight excluding hydrogens is 663 g/mol. The Morgan fingerprint density at radius 3 is 1.11 bits per heavy atom. The standard InChI is InChI=1S/C28H24N4O8S2.2K/c1-39-25-13-9-21(10-14-25)29-31-23-7-5-19(27(17-23)41(33,34)35)3-4-20-6-8-24(18-28(20)42(36,37)38)32-30-22-11-15-26(40-2)16-12-22;;/h3-18H,1-2H3,(H,33,34,35)(H,36,37,38);;/q;2*+1/p-2/b4-3+,31-29?,32-30?;;. The number of rotatable bonds is 10. The van der Waals surface area contributed by atoms with Crippen molar-refractivity contribution in [3.63, 3.8) is 0 Å². The van der Waals surface area contributed by atoms with Gasteiger partial charge in [-0.05, 0) is 83.9 Å². The number of hydrogen-bond acceptors (Lipinski definition) is 12. The molecule has 0 aromatic heterocycles. The van der Waals surface area contributed by atoms with Crippen LogP contribution in [0.25, 0.3) is 12.2 Å². The summed E-state index contributed by atoms with van der Waals surface area (Å²) in [5.41, 5.74) is 1.00. The summed E-state index contributed by atoms with van der Waals surface area (Å²) in [6, 6.07) is 20.8. The van der Waals surface area contributed by atoms with Crippen molar-refractivity contribution in [2.24, 2.45) is 20.5 Å². The van der Waals surface area contributed by atoms with Gasteiger partial charge in [0.1, 0.15) is 31.7 Å². The van der Waals surface area contributed by atoms with Gasteiger partial charge in [-0.3, -0.25) is 0 Å². The van der Waals surface area contributed by atoms with Crippen LogP contribution < -0.4 is 112 Å². The average molecular weight is 685 g/mol. The third kappa shape index (κ3) is 11.1. The summed E-state index contributed by atoms with van der Waals surface area (Å²) in [6.07, 6.45) is 2.41. The van der Waals surface area contributed by atoms with Crippen molar-refractivity contribution < 1.29 is 138 Å². The summed E-state index contributed by atoms with van der Waals surface area (Å²) in [5, 5.41) is 16.0. The molecule has 0 atom stereocenters. The summed E-state index contributed by atoms with van der Waals surface area (Å²) in [5.74, 6) is 1.23. The van der Waals surface area contributed by atoms with Crippen LogP contribution in [0.15, 0.2) is 115 Å². The summed E-state index contributed by atoms with van der Waals surface area (Å²) in [7, 11) is -6.90. The zero-order valence-electron chi connectivity index (χ0n) is 24.1. The first kappa shape index (κ1) is 38.7. The zero-order valence-corrected chi connectivity index (χ0v) is 32.0. The molecule has 44 heavy (non-hydrogen) atoms. The third-order valence-electron chi connectivity index (χ3n) is 5.68. The molecule has 0 spiro atoms. The number of hydrogen-bond donors (Lipinski definition) is 0. The Hall–Kier alpha value is -1.49. The van der Waals surface area contributed by atoms with E-state index >= 15 is 0 Å². The van der Waals surface area contributed by atoms with Crippen LogP contribution in [0.1, 0.15) is 11.1 Å². The Bertz CT molecular complexity index is 1760. The van der Waals surface area contributed by atoms with E-state index in [0.29, 0.717) is 22.9 Å². The van der Waals surface area contributed by atoms with Crippen molar-refractivity contribution in [2.45, 2.75) is 9.79 Å². The van der Waals surface area contributed by atoms with Crippen molar-refractivity contribution in [3.8, 4) is 11.5 Å². The molecule has 4 aromatic rings. The molecule has 0 radical (unpaired) electrons. The fourth-order valence-electron chi connectivity index (χ4n) is 3.59. The molecular formula is C28H22K2N4O8S2. The molecule has 0 unspecified atom stereocenters. The van der Waals surface area contributed by atoms with Crippen LogP contribution in [0.4, 0.5) is 22.7 Å². The van der Waals surface area contributed by atoms with Crippen LogP contribution in [-0.4, -0.2) is 40.2 Å². The van der Waals surface area contributed by atoms with Gasteiger partial charge in [0.15, 0.2) is 0 Å². The molecule has 16 heteroatoms. The predicted molar refractivity (Wildman–Crippen MR) is 152 cm³/mol. The van der Waals surface area contributed by atoms with Crippen LogP contribution in [0, 0.1) is 0 Å². The van der Waals surface area contributed by atoms with Crippen molar-refractivity contribution in [3.05, 3.63) is 96.1 Å². The van der Waals surface area contributed by atoms with E-state index < -0.39 is 30.0 Å². The maximum absolute atomic E-state index is 12.0. The summed E-state index contributed by atoms with van der Waals surface area (Å²) in [4.78, 5) is -1.22. The molecule has 216 valence electrons. The van der Waals surface area contributed by atoms with Gasteiger partial charge < -0.3 is 18.6 Å². The smallest absolute Gasteiger partial charge is 0.744 e. The monoisotopic (exact) mass is 684 g/mol. The van der Waals surface area contributed by atoms with Gasteiger partial charge in [0.2, 0.25) is 0 Å². The van der Waals surface area contributed by atoms with Gasteiger partial charge in [-0.25, -0.2) is 16.8 Å². The Morgan fingerprint density at radius 2 is 0.818 bits per heavy atom. The molecule has 0 saturated carbocycles. The number of ether oxygens (including phenoxy) is 2.